The first kappa shape index (κ1) is 24.8. The van der Waals surface area contributed by atoms with Crippen molar-refractivity contribution in [1.82, 2.24) is 20.2 Å². The largest absolute Gasteiger partial charge is 0.489 e. The zero-order valence-corrected chi connectivity index (χ0v) is 21.9. The van der Waals surface area contributed by atoms with Crippen LogP contribution in [0.5, 0.6) is 5.75 Å². The summed E-state index contributed by atoms with van der Waals surface area (Å²) in [5.41, 5.74) is 5.80. The van der Waals surface area contributed by atoms with Gasteiger partial charge in [0.15, 0.2) is 0 Å². The van der Waals surface area contributed by atoms with Crippen LogP contribution in [0.1, 0.15) is 35.2 Å². The van der Waals surface area contributed by atoms with Crippen molar-refractivity contribution in [2.45, 2.75) is 33.4 Å². The van der Waals surface area contributed by atoms with E-state index in [0.717, 1.165) is 27.9 Å². The van der Waals surface area contributed by atoms with Crippen molar-refractivity contribution in [2.75, 3.05) is 10.6 Å². The highest BCUT2D eigenvalue weighted by molar-refractivity contribution is 6.42. The van der Waals surface area contributed by atoms with Crippen molar-refractivity contribution < 1.29 is 9.53 Å². The highest BCUT2D eigenvalue weighted by Crippen LogP contribution is 2.36. The van der Waals surface area contributed by atoms with Gasteiger partial charge < -0.3 is 15.4 Å². The number of hydrogen-bond donors (Lipinski definition) is 2. The number of allylic oxidation sites excluding steroid dienone is 1. The molecule has 0 saturated carbocycles. The molecule has 0 fully saturated rings. The van der Waals surface area contributed by atoms with Gasteiger partial charge in [0, 0.05) is 11.4 Å². The van der Waals surface area contributed by atoms with Crippen molar-refractivity contribution in [3.63, 3.8) is 0 Å². The lowest BCUT2D eigenvalue weighted by molar-refractivity contribution is -0.113. The van der Waals surface area contributed by atoms with Crippen LogP contribution in [0.4, 0.5) is 11.6 Å². The number of hydrogen-bond acceptors (Lipinski definition) is 6. The van der Waals surface area contributed by atoms with Crippen molar-refractivity contribution >= 4 is 40.7 Å². The fourth-order valence-electron chi connectivity index (χ4n) is 4.30. The minimum Gasteiger partial charge on any atom is -0.489 e. The third-order valence-electron chi connectivity index (χ3n) is 6.17. The molecule has 0 spiro atoms. The van der Waals surface area contributed by atoms with Crippen LogP contribution in [0.2, 0.25) is 10.0 Å². The Morgan fingerprint density at radius 2 is 1.81 bits per heavy atom. The number of nitrogens with zero attached hydrogens (tertiary/aromatic N) is 4. The summed E-state index contributed by atoms with van der Waals surface area (Å²) < 4.78 is 7.54. The minimum absolute atomic E-state index is 0.233. The lowest BCUT2D eigenvalue weighted by Crippen LogP contribution is -2.31. The molecule has 4 aromatic rings. The predicted molar refractivity (Wildman–Crippen MR) is 144 cm³/mol. The predicted octanol–water partition coefficient (Wildman–Crippen LogP) is 6.10. The van der Waals surface area contributed by atoms with E-state index in [1.807, 2.05) is 69.3 Å². The van der Waals surface area contributed by atoms with E-state index >= 15 is 0 Å². The molecule has 1 unspecified atom stereocenters. The zero-order valence-electron chi connectivity index (χ0n) is 20.4. The maximum Gasteiger partial charge on any atom is 0.255 e. The number of rotatable bonds is 6. The van der Waals surface area contributed by atoms with Gasteiger partial charge in [0.05, 0.1) is 15.6 Å². The number of aryl methyl sites for hydroxylation is 2. The molecule has 188 valence electrons. The fraction of sp³-hybridized carbons (Fsp3) is 0.185. The Kier molecular flexibility index (Phi) is 6.86. The molecule has 37 heavy (non-hydrogen) atoms. The molecule has 0 saturated heterocycles. The van der Waals surface area contributed by atoms with Crippen LogP contribution in [0, 0.1) is 13.8 Å². The smallest absolute Gasteiger partial charge is 0.255 e. The Morgan fingerprint density at radius 3 is 2.54 bits per heavy atom. The van der Waals surface area contributed by atoms with Gasteiger partial charge in [-0.15, -0.1) is 0 Å². The van der Waals surface area contributed by atoms with Gasteiger partial charge in [-0.05, 0) is 78.2 Å². The van der Waals surface area contributed by atoms with Gasteiger partial charge >= 0.3 is 0 Å². The summed E-state index contributed by atoms with van der Waals surface area (Å²) in [7, 11) is 0. The highest BCUT2D eigenvalue weighted by atomic mass is 35.5. The van der Waals surface area contributed by atoms with Gasteiger partial charge in [0.2, 0.25) is 5.95 Å². The summed E-state index contributed by atoms with van der Waals surface area (Å²) in [6, 6.07) is 18.3. The normalized spacial score (nSPS) is 14.7. The van der Waals surface area contributed by atoms with Crippen LogP contribution in [0.15, 0.2) is 71.9 Å². The molecule has 2 heterocycles. The number of nitrogens with one attached hydrogen (secondary N) is 2. The van der Waals surface area contributed by atoms with Crippen LogP contribution >= 0.6 is 23.2 Å². The number of ether oxygens (including phenoxy) is 1. The molecule has 0 radical (unpaired) electrons. The second kappa shape index (κ2) is 10.2. The second-order valence-electron chi connectivity index (χ2n) is 8.89. The van der Waals surface area contributed by atoms with E-state index in [1.54, 1.807) is 16.8 Å². The number of tetrazole rings is 1. The Bertz CT molecular complexity index is 1510. The van der Waals surface area contributed by atoms with E-state index in [2.05, 4.69) is 26.2 Å². The van der Waals surface area contributed by atoms with Gasteiger partial charge in [-0.25, -0.2) is 0 Å². The van der Waals surface area contributed by atoms with E-state index in [4.69, 9.17) is 27.9 Å². The molecular formula is C27H24Cl2N6O2. The molecule has 2 N–H and O–H groups in total. The van der Waals surface area contributed by atoms with E-state index < -0.39 is 6.04 Å². The summed E-state index contributed by atoms with van der Waals surface area (Å²) >= 11 is 12.1. The molecule has 1 aromatic heterocycles. The first-order chi connectivity index (χ1) is 17.8. The first-order valence-corrected chi connectivity index (χ1v) is 12.4. The van der Waals surface area contributed by atoms with Gasteiger partial charge in [-0.3, -0.25) is 4.79 Å². The number of amides is 1. The zero-order chi connectivity index (χ0) is 26.1. The Morgan fingerprint density at radius 1 is 1.03 bits per heavy atom. The Hall–Kier alpha value is -3.88. The van der Waals surface area contributed by atoms with Gasteiger partial charge in [0.25, 0.3) is 5.91 Å². The van der Waals surface area contributed by atoms with Gasteiger partial charge in [-0.1, -0.05) is 64.2 Å². The van der Waals surface area contributed by atoms with Crippen molar-refractivity contribution in [3.8, 4) is 5.75 Å². The lowest BCUT2D eigenvalue weighted by Gasteiger charge is -2.28. The van der Waals surface area contributed by atoms with Crippen LogP contribution < -0.4 is 15.4 Å². The molecule has 1 aliphatic heterocycles. The summed E-state index contributed by atoms with van der Waals surface area (Å²) in [6.45, 7) is 6.17. The summed E-state index contributed by atoms with van der Waals surface area (Å²) in [4.78, 5) is 13.6. The maximum absolute atomic E-state index is 13.6. The molecule has 1 atom stereocenters. The average Bonchev–Trinajstić information content (AvgIpc) is 3.34. The molecule has 0 aliphatic carbocycles. The van der Waals surface area contributed by atoms with Crippen LogP contribution in [0.25, 0.3) is 0 Å². The minimum atomic E-state index is -0.527. The number of benzene rings is 3. The maximum atomic E-state index is 13.6. The molecule has 5 rings (SSSR count). The molecule has 1 amide bonds. The number of carbonyl (C=O) groups excluding carboxylic acids is 1. The van der Waals surface area contributed by atoms with E-state index in [-0.39, 0.29) is 5.91 Å². The summed E-state index contributed by atoms with van der Waals surface area (Å²) in [5, 5.41) is 19.2. The number of aromatic nitrogens is 4. The monoisotopic (exact) mass is 534 g/mol. The van der Waals surface area contributed by atoms with Crippen LogP contribution in [-0.2, 0) is 11.4 Å². The number of carbonyl (C=O) groups is 1. The van der Waals surface area contributed by atoms with Crippen LogP contribution in [0.3, 0.4) is 0 Å². The molecule has 1 aliphatic rings. The fourth-order valence-corrected chi connectivity index (χ4v) is 4.62. The molecule has 3 aromatic carbocycles. The topological polar surface area (TPSA) is 94.0 Å². The standard InChI is InChI=1S/C27H24Cl2N6O2/c1-15-4-11-23(16(2)12-15)31-26(36)24-17(3)30-27-32-33-34-35(27)25(24)19-6-8-20(9-7-19)37-14-18-5-10-21(28)22(29)13-18/h4-13,25H,14H2,1-3H3,(H,31,36)(H,30,32,34). The number of anilines is 2. The first-order valence-electron chi connectivity index (χ1n) is 11.6. The van der Waals surface area contributed by atoms with Gasteiger partial charge in [-0.2, -0.15) is 4.68 Å². The third-order valence-corrected chi connectivity index (χ3v) is 6.91. The Labute approximate surface area is 224 Å². The molecule has 0 bridgehead atoms. The third kappa shape index (κ3) is 5.16. The molecular weight excluding hydrogens is 511 g/mol. The summed E-state index contributed by atoms with van der Waals surface area (Å²) in [6.07, 6.45) is 0. The van der Waals surface area contributed by atoms with E-state index in [9.17, 15) is 4.79 Å². The lowest BCUT2D eigenvalue weighted by atomic mass is 9.94. The van der Waals surface area contributed by atoms with Crippen molar-refractivity contribution in [1.29, 1.82) is 0 Å². The van der Waals surface area contributed by atoms with Crippen molar-refractivity contribution in [3.05, 3.63) is 104 Å². The molecule has 8 nitrogen and oxygen atoms in total. The Balaban J connectivity index is 1.40. The van der Waals surface area contributed by atoms with Crippen LogP contribution in [-0.4, -0.2) is 26.1 Å². The van der Waals surface area contributed by atoms with E-state index in [0.29, 0.717) is 39.6 Å². The number of halogens is 2. The highest BCUT2D eigenvalue weighted by Gasteiger charge is 2.34. The van der Waals surface area contributed by atoms with E-state index in [1.165, 1.54) is 0 Å². The van der Waals surface area contributed by atoms with Gasteiger partial charge in [0.1, 0.15) is 18.4 Å². The molecule has 10 heteroatoms. The SMILES string of the molecule is CC1=C(C(=O)Nc2ccc(C)cc2C)C(c2ccc(OCc3ccc(Cl)c(Cl)c3)cc2)n2nnnc2N1. The summed E-state index contributed by atoms with van der Waals surface area (Å²) in [5.74, 6) is 0.899. The average molecular weight is 535 g/mol. The quantitative estimate of drug-likeness (QED) is 0.310. The van der Waals surface area contributed by atoms with Crippen molar-refractivity contribution in [2.24, 2.45) is 0 Å². The number of fused-ring (bicyclic) bond motifs is 1. The second-order valence-corrected chi connectivity index (χ2v) is 9.71.